The largest absolute Gasteiger partial charge is 0.481 e. The Labute approximate surface area is 106 Å². The predicted octanol–water partition coefficient (Wildman–Crippen LogP) is 1.72. The van der Waals surface area contributed by atoms with Crippen molar-refractivity contribution in [2.45, 2.75) is 19.3 Å². The van der Waals surface area contributed by atoms with E-state index in [1.807, 2.05) is 37.3 Å². The Kier molecular flexibility index (Phi) is 3.65. The topological polar surface area (TPSA) is 57.6 Å². The van der Waals surface area contributed by atoms with Crippen molar-refractivity contribution < 1.29 is 14.7 Å². The summed E-state index contributed by atoms with van der Waals surface area (Å²) in [6.45, 7) is 2.75. The SMILES string of the molecule is CC(C(=O)N1CCC(C(=O)O)C1)c1ccccc1. The number of hydrogen-bond acceptors (Lipinski definition) is 2. The second-order valence-electron chi connectivity index (χ2n) is 4.74. The summed E-state index contributed by atoms with van der Waals surface area (Å²) in [7, 11) is 0. The Hall–Kier alpha value is -1.84. The van der Waals surface area contributed by atoms with Gasteiger partial charge in [-0.2, -0.15) is 0 Å². The summed E-state index contributed by atoms with van der Waals surface area (Å²) < 4.78 is 0. The van der Waals surface area contributed by atoms with Crippen LogP contribution in [0.5, 0.6) is 0 Å². The van der Waals surface area contributed by atoms with E-state index >= 15 is 0 Å². The molecule has 2 atom stereocenters. The highest BCUT2D eigenvalue weighted by atomic mass is 16.4. The number of rotatable bonds is 3. The standard InChI is InChI=1S/C14H17NO3/c1-10(11-5-3-2-4-6-11)13(16)15-8-7-12(9-15)14(17)18/h2-6,10,12H,7-9H2,1H3,(H,17,18). The molecular weight excluding hydrogens is 230 g/mol. The van der Waals surface area contributed by atoms with E-state index in [2.05, 4.69) is 0 Å². The van der Waals surface area contributed by atoms with Crippen molar-refractivity contribution in [3.63, 3.8) is 0 Å². The number of amides is 1. The van der Waals surface area contributed by atoms with Gasteiger partial charge in [-0.1, -0.05) is 30.3 Å². The van der Waals surface area contributed by atoms with Crippen molar-refractivity contribution >= 4 is 11.9 Å². The summed E-state index contributed by atoms with van der Waals surface area (Å²) >= 11 is 0. The second-order valence-corrected chi connectivity index (χ2v) is 4.74. The van der Waals surface area contributed by atoms with Gasteiger partial charge in [0.1, 0.15) is 0 Å². The van der Waals surface area contributed by atoms with E-state index in [1.54, 1.807) is 4.90 Å². The lowest BCUT2D eigenvalue weighted by molar-refractivity contribution is -0.141. The van der Waals surface area contributed by atoms with Gasteiger partial charge in [-0.25, -0.2) is 0 Å². The molecule has 0 bridgehead atoms. The minimum Gasteiger partial charge on any atom is -0.481 e. The summed E-state index contributed by atoms with van der Waals surface area (Å²) in [5.41, 5.74) is 0.973. The highest BCUT2D eigenvalue weighted by molar-refractivity contribution is 5.84. The van der Waals surface area contributed by atoms with Crippen molar-refractivity contribution in [3.8, 4) is 0 Å². The molecule has 1 aromatic carbocycles. The molecule has 2 rings (SSSR count). The predicted molar refractivity (Wildman–Crippen MR) is 67.2 cm³/mol. The maximum Gasteiger partial charge on any atom is 0.308 e. The molecule has 0 spiro atoms. The van der Waals surface area contributed by atoms with Gasteiger partial charge >= 0.3 is 5.97 Å². The third-order valence-electron chi connectivity index (χ3n) is 3.52. The maximum atomic E-state index is 12.2. The van der Waals surface area contributed by atoms with E-state index in [0.717, 1.165) is 5.56 Å². The normalized spacial score (nSPS) is 20.7. The Balaban J connectivity index is 2.02. The fraction of sp³-hybridized carbons (Fsp3) is 0.429. The van der Waals surface area contributed by atoms with Gasteiger partial charge < -0.3 is 10.0 Å². The van der Waals surface area contributed by atoms with Crippen LogP contribution in [0.15, 0.2) is 30.3 Å². The quantitative estimate of drug-likeness (QED) is 0.884. The molecule has 18 heavy (non-hydrogen) atoms. The lowest BCUT2D eigenvalue weighted by Gasteiger charge is -2.20. The fourth-order valence-electron chi connectivity index (χ4n) is 2.32. The number of hydrogen-bond donors (Lipinski definition) is 1. The highest BCUT2D eigenvalue weighted by Gasteiger charge is 2.32. The zero-order valence-corrected chi connectivity index (χ0v) is 10.4. The molecule has 0 aromatic heterocycles. The van der Waals surface area contributed by atoms with Crippen molar-refractivity contribution in [2.75, 3.05) is 13.1 Å². The van der Waals surface area contributed by atoms with E-state index in [4.69, 9.17) is 5.11 Å². The molecule has 96 valence electrons. The van der Waals surface area contributed by atoms with Crippen LogP contribution in [0.3, 0.4) is 0 Å². The summed E-state index contributed by atoms with van der Waals surface area (Å²) in [6.07, 6.45) is 0.558. The first kappa shape index (κ1) is 12.6. The molecule has 1 saturated heterocycles. The fourth-order valence-corrected chi connectivity index (χ4v) is 2.32. The van der Waals surface area contributed by atoms with Gasteiger partial charge in [0.2, 0.25) is 5.91 Å². The Morgan fingerprint density at radius 2 is 2.00 bits per heavy atom. The minimum atomic E-state index is -0.808. The number of aliphatic carboxylic acids is 1. The second kappa shape index (κ2) is 5.21. The van der Waals surface area contributed by atoms with Crippen LogP contribution in [0.4, 0.5) is 0 Å². The van der Waals surface area contributed by atoms with Crippen molar-refractivity contribution in [1.82, 2.24) is 4.90 Å². The molecule has 0 saturated carbocycles. The van der Waals surface area contributed by atoms with E-state index in [0.29, 0.717) is 19.5 Å². The van der Waals surface area contributed by atoms with Gasteiger partial charge in [-0.3, -0.25) is 9.59 Å². The summed E-state index contributed by atoms with van der Waals surface area (Å²) in [5, 5.41) is 8.93. The van der Waals surface area contributed by atoms with E-state index in [9.17, 15) is 9.59 Å². The monoisotopic (exact) mass is 247 g/mol. The molecule has 1 N–H and O–H groups in total. The number of benzene rings is 1. The number of likely N-dealkylation sites (tertiary alicyclic amines) is 1. The highest BCUT2D eigenvalue weighted by Crippen LogP contribution is 2.23. The lowest BCUT2D eigenvalue weighted by Crippen LogP contribution is -2.33. The van der Waals surface area contributed by atoms with E-state index in [-0.39, 0.29) is 11.8 Å². The van der Waals surface area contributed by atoms with Gasteiger partial charge in [0, 0.05) is 13.1 Å². The van der Waals surface area contributed by atoms with Crippen LogP contribution < -0.4 is 0 Å². The zero-order valence-electron chi connectivity index (χ0n) is 10.4. The van der Waals surface area contributed by atoms with Crippen LogP contribution in [-0.2, 0) is 9.59 Å². The van der Waals surface area contributed by atoms with Gasteiger partial charge in [0.05, 0.1) is 11.8 Å². The summed E-state index contributed by atoms with van der Waals surface area (Å²) in [5.74, 6) is -1.40. The average molecular weight is 247 g/mol. The number of carboxylic acids is 1. The van der Waals surface area contributed by atoms with Gasteiger partial charge in [-0.05, 0) is 18.9 Å². The molecule has 1 aliphatic rings. The molecule has 4 nitrogen and oxygen atoms in total. The van der Waals surface area contributed by atoms with Gasteiger partial charge in [0.15, 0.2) is 0 Å². The maximum absolute atomic E-state index is 12.2. The molecule has 0 radical (unpaired) electrons. The summed E-state index contributed by atoms with van der Waals surface area (Å²) in [4.78, 5) is 24.8. The smallest absolute Gasteiger partial charge is 0.308 e. The Bertz CT molecular complexity index is 444. The van der Waals surface area contributed by atoms with Crippen LogP contribution in [0.25, 0.3) is 0 Å². The lowest BCUT2D eigenvalue weighted by atomic mass is 10.00. The Morgan fingerprint density at radius 3 is 2.56 bits per heavy atom. The van der Waals surface area contributed by atoms with Gasteiger partial charge in [0.25, 0.3) is 0 Å². The van der Waals surface area contributed by atoms with Gasteiger partial charge in [-0.15, -0.1) is 0 Å². The van der Waals surface area contributed by atoms with E-state index in [1.165, 1.54) is 0 Å². The molecule has 1 amide bonds. The van der Waals surface area contributed by atoms with Crippen LogP contribution in [0.1, 0.15) is 24.8 Å². The van der Waals surface area contributed by atoms with Crippen molar-refractivity contribution in [1.29, 1.82) is 0 Å². The third kappa shape index (κ3) is 2.53. The summed E-state index contributed by atoms with van der Waals surface area (Å²) in [6, 6.07) is 9.57. The molecule has 1 heterocycles. The van der Waals surface area contributed by atoms with Crippen LogP contribution >= 0.6 is 0 Å². The molecule has 1 aliphatic heterocycles. The molecular formula is C14H17NO3. The molecule has 1 fully saturated rings. The first-order chi connectivity index (χ1) is 8.59. The zero-order chi connectivity index (χ0) is 13.1. The van der Waals surface area contributed by atoms with Crippen LogP contribution in [0, 0.1) is 5.92 Å². The average Bonchev–Trinajstić information content (AvgIpc) is 2.88. The number of carbonyl (C=O) groups excluding carboxylic acids is 1. The molecule has 2 unspecified atom stereocenters. The van der Waals surface area contributed by atoms with Crippen molar-refractivity contribution in [2.24, 2.45) is 5.92 Å². The van der Waals surface area contributed by atoms with Crippen LogP contribution in [0.2, 0.25) is 0 Å². The third-order valence-corrected chi connectivity index (χ3v) is 3.52. The first-order valence-corrected chi connectivity index (χ1v) is 6.16. The number of carboxylic acid groups (broad SMARTS) is 1. The van der Waals surface area contributed by atoms with Crippen molar-refractivity contribution in [3.05, 3.63) is 35.9 Å². The molecule has 4 heteroatoms. The minimum absolute atomic E-state index is 0.0185. The van der Waals surface area contributed by atoms with E-state index < -0.39 is 11.9 Å². The Morgan fingerprint density at radius 1 is 1.33 bits per heavy atom. The van der Waals surface area contributed by atoms with Crippen LogP contribution in [-0.4, -0.2) is 35.0 Å². The number of carbonyl (C=O) groups is 2. The molecule has 1 aromatic rings. The number of nitrogens with zero attached hydrogens (tertiary/aromatic N) is 1. The first-order valence-electron chi connectivity index (χ1n) is 6.16. The molecule has 0 aliphatic carbocycles.